The lowest BCUT2D eigenvalue weighted by Gasteiger charge is -2.34. The van der Waals surface area contributed by atoms with Crippen LogP contribution in [0.25, 0.3) is 0 Å². The molecular formula is C15H30N2O. The molecule has 0 aliphatic carbocycles. The Balaban J connectivity index is 2.36. The van der Waals surface area contributed by atoms with Crippen LogP contribution < -0.4 is 5.73 Å². The van der Waals surface area contributed by atoms with Gasteiger partial charge in [-0.3, -0.25) is 4.79 Å². The van der Waals surface area contributed by atoms with E-state index in [1.54, 1.807) is 0 Å². The fourth-order valence-corrected chi connectivity index (χ4v) is 2.50. The number of nitrogens with two attached hydrogens (primary N) is 1. The second-order valence-corrected chi connectivity index (χ2v) is 6.79. The molecular weight excluding hydrogens is 224 g/mol. The minimum Gasteiger partial charge on any atom is -0.343 e. The summed E-state index contributed by atoms with van der Waals surface area (Å²) in [5.74, 6) is 1.07. The Morgan fingerprint density at radius 2 is 1.89 bits per heavy atom. The highest BCUT2D eigenvalue weighted by Gasteiger charge is 2.27. The molecule has 0 aromatic rings. The van der Waals surface area contributed by atoms with E-state index in [0.29, 0.717) is 6.42 Å². The molecule has 1 fully saturated rings. The zero-order valence-electron chi connectivity index (χ0n) is 12.5. The Bertz CT molecular complexity index is 262. The van der Waals surface area contributed by atoms with E-state index in [0.717, 1.165) is 19.0 Å². The van der Waals surface area contributed by atoms with E-state index in [1.165, 1.54) is 25.7 Å². The molecule has 1 rings (SSSR count). The number of nitrogens with zero attached hydrogens (tertiary/aromatic N) is 1. The smallest absolute Gasteiger partial charge is 0.224 e. The van der Waals surface area contributed by atoms with Gasteiger partial charge in [-0.05, 0) is 24.2 Å². The second kappa shape index (κ2) is 6.55. The molecule has 1 heterocycles. The van der Waals surface area contributed by atoms with Crippen LogP contribution in [0, 0.1) is 11.3 Å². The van der Waals surface area contributed by atoms with Crippen LogP contribution in [0.4, 0.5) is 0 Å². The van der Waals surface area contributed by atoms with Gasteiger partial charge in [-0.15, -0.1) is 0 Å². The zero-order chi connectivity index (χ0) is 13.8. The summed E-state index contributed by atoms with van der Waals surface area (Å²) in [5, 5.41) is 0. The van der Waals surface area contributed by atoms with Gasteiger partial charge < -0.3 is 10.6 Å². The van der Waals surface area contributed by atoms with Gasteiger partial charge in [0.25, 0.3) is 0 Å². The maximum atomic E-state index is 12.2. The third-order valence-electron chi connectivity index (χ3n) is 4.17. The molecule has 3 heteroatoms. The molecule has 1 atom stereocenters. The number of carbonyl (C=O) groups excluding carboxylic acids is 1. The molecule has 0 aromatic carbocycles. The summed E-state index contributed by atoms with van der Waals surface area (Å²) in [5.41, 5.74) is 6.10. The summed E-state index contributed by atoms with van der Waals surface area (Å²) in [6.07, 6.45) is 5.40. The summed E-state index contributed by atoms with van der Waals surface area (Å²) in [7, 11) is 0. The van der Waals surface area contributed by atoms with Gasteiger partial charge in [0.15, 0.2) is 0 Å². The minimum absolute atomic E-state index is 0.0101. The Labute approximate surface area is 112 Å². The van der Waals surface area contributed by atoms with Crippen LogP contribution in [0.1, 0.15) is 59.8 Å². The van der Waals surface area contributed by atoms with Crippen LogP contribution in [0.3, 0.4) is 0 Å². The Morgan fingerprint density at radius 1 is 1.33 bits per heavy atom. The highest BCUT2D eigenvalue weighted by atomic mass is 16.2. The number of likely N-dealkylation sites (tertiary alicyclic amines) is 1. The lowest BCUT2D eigenvalue weighted by atomic mass is 9.85. The first-order valence-electron chi connectivity index (χ1n) is 7.38. The van der Waals surface area contributed by atoms with Crippen molar-refractivity contribution in [3.05, 3.63) is 0 Å². The van der Waals surface area contributed by atoms with Crippen LogP contribution >= 0.6 is 0 Å². The lowest BCUT2D eigenvalue weighted by Crippen LogP contribution is -2.44. The summed E-state index contributed by atoms with van der Waals surface area (Å²) >= 11 is 0. The molecule has 1 unspecified atom stereocenters. The van der Waals surface area contributed by atoms with Crippen molar-refractivity contribution in [2.24, 2.45) is 17.1 Å². The number of amides is 1. The van der Waals surface area contributed by atoms with Crippen molar-refractivity contribution in [1.29, 1.82) is 0 Å². The van der Waals surface area contributed by atoms with Crippen LogP contribution in [-0.4, -0.2) is 29.9 Å². The topological polar surface area (TPSA) is 46.3 Å². The van der Waals surface area contributed by atoms with Crippen LogP contribution in [0.15, 0.2) is 0 Å². The van der Waals surface area contributed by atoms with E-state index in [4.69, 9.17) is 5.73 Å². The van der Waals surface area contributed by atoms with Crippen LogP contribution in [0.2, 0.25) is 0 Å². The summed E-state index contributed by atoms with van der Waals surface area (Å²) in [6, 6.07) is -0.0432. The number of hydrogen-bond donors (Lipinski definition) is 1. The van der Waals surface area contributed by atoms with Gasteiger partial charge in [-0.25, -0.2) is 0 Å². The average molecular weight is 254 g/mol. The number of rotatable bonds is 4. The van der Waals surface area contributed by atoms with Gasteiger partial charge in [0, 0.05) is 25.6 Å². The van der Waals surface area contributed by atoms with Gasteiger partial charge in [-0.2, -0.15) is 0 Å². The highest BCUT2D eigenvalue weighted by molar-refractivity contribution is 5.77. The predicted octanol–water partition coefficient (Wildman–Crippen LogP) is 2.79. The maximum absolute atomic E-state index is 12.2. The van der Waals surface area contributed by atoms with Crippen LogP contribution in [0.5, 0.6) is 0 Å². The van der Waals surface area contributed by atoms with Crippen molar-refractivity contribution >= 4 is 5.91 Å². The Kier molecular flexibility index (Phi) is 5.64. The molecule has 1 saturated heterocycles. The van der Waals surface area contributed by atoms with E-state index in [-0.39, 0.29) is 17.4 Å². The van der Waals surface area contributed by atoms with Crippen molar-refractivity contribution in [2.75, 3.05) is 13.1 Å². The number of carbonyl (C=O) groups is 1. The van der Waals surface area contributed by atoms with Gasteiger partial charge in [0.2, 0.25) is 5.91 Å². The van der Waals surface area contributed by atoms with Crippen molar-refractivity contribution in [3.63, 3.8) is 0 Å². The second-order valence-electron chi connectivity index (χ2n) is 6.79. The molecule has 0 saturated carbocycles. The maximum Gasteiger partial charge on any atom is 0.224 e. The van der Waals surface area contributed by atoms with Crippen molar-refractivity contribution in [3.8, 4) is 0 Å². The Hall–Kier alpha value is -0.570. The fourth-order valence-electron chi connectivity index (χ4n) is 2.50. The molecule has 3 nitrogen and oxygen atoms in total. The largest absolute Gasteiger partial charge is 0.343 e. The van der Waals surface area contributed by atoms with Gasteiger partial charge in [0.1, 0.15) is 0 Å². The van der Waals surface area contributed by atoms with E-state index in [1.807, 2.05) is 4.90 Å². The minimum atomic E-state index is -0.0432. The van der Waals surface area contributed by atoms with Gasteiger partial charge in [0.05, 0.1) is 0 Å². The quantitative estimate of drug-likeness (QED) is 0.838. The zero-order valence-corrected chi connectivity index (χ0v) is 12.5. The molecule has 1 aliphatic heterocycles. The standard InChI is InChI=1S/C15H30N2O/c1-5-6-12-7-9-17(10-8-12)14(18)11-13(16)15(2,3)4/h12-13H,5-11,16H2,1-4H3. The molecule has 106 valence electrons. The normalized spacial score (nSPS) is 19.9. The van der Waals surface area contributed by atoms with Gasteiger partial charge >= 0.3 is 0 Å². The van der Waals surface area contributed by atoms with Crippen molar-refractivity contribution in [2.45, 2.75) is 65.8 Å². The third kappa shape index (κ3) is 4.60. The number of hydrogen-bond acceptors (Lipinski definition) is 2. The first kappa shape index (κ1) is 15.5. The van der Waals surface area contributed by atoms with E-state index < -0.39 is 0 Å². The average Bonchev–Trinajstić information content (AvgIpc) is 2.29. The molecule has 2 N–H and O–H groups in total. The van der Waals surface area contributed by atoms with Crippen molar-refractivity contribution < 1.29 is 4.79 Å². The van der Waals surface area contributed by atoms with Gasteiger partial charge in [-0.1, -0.05) is 40.5 Å². The van der Waals surface area contributed by atoms with Crippen LogP contribution in [-0.2, 0) is 4.79 Å². The lowest BCUT2D eigenvalue weighted by molar-refractivity contribution is -0.133. The first-order chi connectivity index (χ1) is 8.34. The monoisotopic (exact) mass is 254 g/mol. The fraction of sp³-hybridized carbons (Fsp3) is 0.933. The van der Waals surface area contributed by atoms with E-state index in [2.05, 4.69) is 27.7 Å². The molecule has 1 aliphatic rings. The molecule has 1 amide bonds. The summed E-state index contributed by atoms with van der Waals surface area (Å²) in [4.78, 5) is 14.2. The molecule has 0 bridgehead atoms. The molecule has 0 radical (unpaired) electrons. The molecule has 18 heavy (non-hydrogen) atoms. The molecule has 0 aromatic heterocycles. The summed E-state index contributed by atoms with van der Waals surface area (Å²) < 4.78 is 0. The predicted molar refractivity (Wildman–Crippen MR) is 76.3 cm³/mol. The van der Waals surface area contributed by atoms with E-state index in [9.17, 15) is 4.79 Å². The van der Waals surface area contributed by atoms with Crippen molar-refractivity contribution in [1.82, 2.24) is 4.90 Å². The third-order valence-corrected chi connectivity index (χ3v) is 4.17. The van der Waals surface area contributed by atoms with E-state index >= 15 is 0 Å². The number of piperidine rings is 1. The Morgan fingerprint density at radius 3 is 2.33 bits per heavy atom. The first-order valence-corrected chi connectivity index (χ1v) is 7.38. The SMILES string of the molecule is CCCC1CCN(C(=O)CC(N)C(C)(C)C)CC1. The summed E-state index contributed by atoms with van der Waals surface area (Å²) in [6.45, 7) is 10.4. The molecule has 0 spiro atoms. The highest BCUT2D eigenvalue weighted by Crippen LogP contribution is 2.24.